The van der Waals surface area contributed by atoms with Crippen LogP contribution in [0.1, 0.15) is 48.4 Å². The van der Waals surface area contributed by atoms with E-state index in [-0.39, 0.29) is 12.1 Å². The number of fused-ring (bicyclic) bond motifs is 1. The van der Waals surface area contributed by atoms with Crippen molar-refractivity contribution in [1.29, 1.82) is 0 Å². The summed E-state index contributed by atoms with van der Waals surface area (Å²) >= 11 is 0. The predicted octanol–water partition coefficient (Wildman–Crippen LogP) is 4.06. The molecule has 0 amide bonds. The van der Waals surface area contributed by atoms with Gasteiger partial charge >= 0.3 is 5.97 Å². The molecule has 0 saturated carbocycles. The Bertz CT molecular complexity index is 514. The van der Waals surface area contributed by atoms with Gasteiger partial charge in [-0.15, -0.1) is 0 Å². The highest BCUT2D eigenvalue weighted by atomic mass is 16.5. The number of carbonyl (C=O) groups excluding carboxylic acids is 1. The van der Waals surface area contributed by atoms with E-state index in [0.717, 1.165) is 25.7 Å². The minimum Gasteiger partial charge on any atom is -0.462 e. The first-order valence-corrected chi connectivity index (χ1v) is 7.48. The zero-order valence-electron chi connectivity index (χ0n) is 12.7. The normalized spacial score (nSPS) is 20.9. The molecule has 1 atom stereocenters. The Balaban J connectivity index is 2.34. The highest BCUT2D eigenvalue weighted by Crippen LogP contribution is 2.25. The Kier molecular flexibility index (Phi) is 4.99. The molecule has 0 fully saturated rings. The average molecular weight is 272 g/mol. The Morgan fingerprint density at radius 3 is 2.55 bits per heavy atom. The van der Waals surface area contributed by atoms with Crippen molar-refractivity contribution in [3.8, 4) is 0 Å². The molecule has 0 spiro atoms. The molecule has 0 bridgehead atoms. The molecule has 0 saturated heterocycles. The lowest BCUT2D eigenvalue weighted by Gasteiger charge is -2.21. The first-order valence-electron chi connectivity index (χ1n) is 7.48. The molecule has 1 aliphatic carbocycles. The summed E-state index contributed by atoms with van der Waals surface area (Å²) in [6.07, 6.45) is 9.36. The van der Waals surface area contributed by atoms with E-state index in [2.05, 4.69) is 38.1 Å². The maximum absolute atomic E-state index is 11.3. The zero-order valence-corrected chi connectivity index (χ0v) is 12.7. The number of carbonyl (C=O) groups is 1. The molecule has 1 aromatic rings. The summed E-state index contributed by atoms with van der Waals surface area (Å²) in [5.41, 5.74) is 5.51. The molecule has 1 unspecified atom stereocenters. The summed E-state index contributed by atoms with van der Waals surface area (Å²) in [5.74, 6) is -0.188. The van der Waals surface area contributed by atoms with Crippen molar-refractivity contribution < 1.29 is 9.53 Å². The summed E-state index contributed by atoms with van der Waals surface area (Å²) in [6.45, 7) is 5.83. The molecule has 108 valence electrons. The third kappa shape index (κ3) is 3.72. The summed E-state index contributed by atoms with van der Waals surface area (Å²) in [5, 5.41) is 0. The lowest BCUT2D eigenvalue weighted by molar-refractivity contribution is -0.146. The van der Waals surface area contributed by atoms with Gasteiger partial charge in [-0.05, 0) is 55.4 Å². The van der Waals surface area contributed by atoms with Crippen molar-refractivity contribution in [3.05, 3.63) is 46.5 Å². The molecule has 20 heavy (non-hydrogen) atoms. The Labute approximate surface area is 121 Å². The second-order valence-corrected chi connectivity index (χ2v) is 5.69. The first-order chi connectivity index (χ1) is 9.58. The number of rotatable bonds is 1. The summed E-state index contributed by atoms with van der Waals surface area (Å²) < 4.78 is 5.48. The van der Waals surface area contributed by atoms with Crippen molar-refractivity contribution in [2.24, 2.45) is 0 Å². The highest BCUT2D eigenvalue weighted by Gasteiger charge is 2.17. The molecule has 2 nitrogen and oxygen atoms in total. The minimum absolute atomic E-state index is 0.0406. The molecular weight excluding hydrogens is 248 g/mol. The number of allylic oxidation sites excluding steroid dienone is 1. The van der Waals surface area contributed by atoms with E-state index in [0.29, 0.717) is 0 Å². The van der Waals surface area contributed by atoms with Gasteiger partial charge in [0.25, 0.3) is 0 Å². The topological polar surface area (TPSA) is 26.3 Å². The van der Waals surface area contributed by atoms with E-state index in [1.165, 1.54) is 35.6 Å². The fourth-order valence-electron chi connectivity index (χ4n) is 2.96. The first kappa shape index (κ1) is 14.8. The lowest BCUT2D eigenvalue weighted by atomic mass is 9.89. The molecule has 0 aliphatic heterocycles. The quantitative estimate of drug-likeness (QED) is 0.569. The third-order valence-electron chi connectivity index (χ3n) is 4.03. The van der Waals surface area contributed by atoms with Crippen molar-refractivity contribution >= 4 is 5.97 Å². The largest absolute Gasteiger partial charge is 0.462 e. The van der Waals surface area contributed by atoms with E-state index in [4.69, 9.17) is 4.74 Å². The van der Waals surface area contributed by atoms with Crippen molar-refractivity contribution in [1.82, 2.24) is 0 Å². The third-order valence-corrected chi connectivity index (χ3v) is 4.03. The van der Waals surface area contributed by atoms with E-state index in [1.807, 2.05) is 0 Å². The standard InChI is InChI=1S/C18H24O2/c1-13-10-11-14(2)18-12-16(20-15(3)19)8-6-4-5-7-9-17(13)18/h4,6,10-11,16H,5,7-9,12H2,1-3H3/b6-4-. The van der Waals surface area contributed by atoms with Gasteiger partial charge in [0.05, 0.1) is 0 Å². The summed E-state index contributed by atoms with van der Waals surface area (Å²) in [4.78, 5) is 11.3. The summed E-state index contributed by atoms with van der Waals surface area (Å²) in [6, 6.07) is 4.39. The average Bonchev–Trinajstić information content (AvgIpc) is 2.40. The molecule has 2 heteroatoms. The number of hydrogen-bond acceptors (Lipinski definition) is 2. The fraction of sp³-hybridized carbons (Fsp3) is 0.500. The van der Waals surface area contributed by atoms with E-state index in [9.17, 15) is 4.79 Å². The van der Waals surface area contributed by atoms with E-state index in [1.54, 1.807) is 0 Å². The van der Waals surface area contributed by atoms with Crippen LogP contribution in [0.3, 0.4) is 0 Å². The van der Waals surface area contributed by atoms with E-state index >= 15 is 0 Å². The van der Waals surface area contributed by atoms with Crippen LogP contribution in [0, 0.1) is 13.8 Å². The number of ether oxygens (including phenoxy) is 1. The van der Waals surface area contributed by atoms with Gasteiger partial charge in [-0.2, -0.15) is 0 Å². The van der Waals surface area contributed by atoms with Gasteiger partial charge in [-0.1, -0.05) is 24.3 Å². The Morgan fingerprint density at radius 2 is 1.85 bits per heavy atom. The second kappa shape index (κ2) is 6.74. The van der Waals surface area contributed by atoms with Crippen LogP contribution < -0.4 is 0 Å². The van der Waals surface area contributed by atoms with Crippen LogP contribution >= 0.6 is 0 Å². The van der Waals surface area contributed by atoms with Crippen LogP contribution in [0.5, 0.6) is 0 Å². The maximum atomic E-state index is 11.3. The molecule has 0 heterocycles. The molecule has 0 N–H and O–H groups in total. The van der Waals surface area contributed by atoms with Crippen LogP contribution in [0.2, 0.25) is 0 Å². The maximum Gasteiger partial charge on any atom is 0.302 e. The molecule has 0 radical (unpaired) electrons. The number of aryl methyl sites for hydroxylation is 2. The van der Waals surface area contributed by atoms with Gasteiger partial charge in [-0.25, -0.2) is 0 Å². The van der Waals surface area contributed by atoms with Gasteiger partial charge in [0.2, 0.25) is 0 Å². The monoisotopic (exact) mass is 272 g/mol. The smallest absolute Gasteiger partial charge is 0.302 e. The molecule has 1 aliphatic rings. The number of benzene rings is 1. The minimum atomic E-state index is -0.188. The number of hydrogen-bond donors (Lipinski definition) is 0. The number of esters is 1. The van der Waals surface area contributed by atoms with Gasteiger partial charge in [0.15, 0.2) is 0 Å². The molecular formula is C18H24O2. The van der Waals surface area contributed by atoms with Crippen molar-refractivity contribution in [2.75, 3.05) is 0 Å². The second-order valence-electron chi connectivity index (χ2n) is 5.69. The lowest BCUT2D eigenvalue weighted by Crippen LogP contribution is -2.20. The zero-order chi connectivity index (χ0) is 14.5. The van der Waals surface area contributed by atoms with Crippen LogP contribution in [0.25, 0.3) is 0 Å². The van der Waals surface area contributed by atoms with Crippen LogP contribution in [-0.2, 0) is 22.4 Å². The Hall–Kier alpha value is -1.57. The Morgan fingerprint density at radius 1 is 1.15 bits per heavy atom. The van der Waals surface area contributed by atoms with Crippen molar-refractivity contribution in [3.63, 3.8) is 0 Å². The highest BCUT2D eigenvalue weighted by molar-refractivity contribution is 5.66. The molecule has 0 aromatic heterocycles. The van der Waals surface area contributed by atoms with Gasteiger partial charge in [-0.3, -0.25) is 4.79 Å². The van der Waals surface area contributed by atoms with Crippen LogP contribution in [-0.4, -0.2) is 12.1 Å². The van der Waals surface area contributed by atoms with Crippen LogP contribution in [0.4, 0.5) is 0 Å². The fourth-order valence-corrected chi connectivity index (χ4v) is 2.96. The molecule has 1 aromatic carbocycles. The van der Waals surface area contributed by atoms with Crippen LogP contribution in [0.15, 0.2) is 24.3 Å². The van der Waals surface area contributed by atoms with E-state index < -0.39 is 0 Å². The SMILES string of the molecule is CC(=O)OC1C/C=C\CCCc2c(C)ccc(C)c2C1. The predicted molar refractivity (Wildman–Crippen MR) is 81.9 cm³/mol. The van der Waals surface area contributed by atoms with Crippen molar-refractivity contribution in [2.45, 2.75) is 59.0 Å². The summed E-state index contributed by atoms with van der Waals surface area (Å²) in [7, 11) is 0. The van der Waals surface area contributed by atoms with Gasteiger partial charge < -0.3 is 4.74 Å². The van der Waals surface area contributed by atoms with Gasteiger partial charge in [0, 0.05) is 19.8 Å². The van der Waals surface area contributed by atoms with Gasteiger partial charge in [0.1, 0.15) is 6.10 Å². The molecule has 2 rings (SSSR count).